The Morgan fingerprint density at radius 3 is 2.27 bits per heavy atom. The molecule has 0 aliphatic carbocycles. The van der Waals surface area contributed by atoms with Gasteiger partial charge >= 0.3 is 0 Å². The first-order chi connectivity index (χ1) is 15.9. The van der Waals surface area contributed by atoms with E-state index in [4.69, 9.17) is 18.9 Å². The molecule has 2 fully saturated rings. The molecule has 2 aliphatic heterocycles. The average Bonchev–Trinajstić information content (AvgIpc) is 3.37. The van der Waals surface area contributed by atoms with E-state index in [2.05, 4.69) is 15.5 Å². The van der Waals surface area contributed by atoms with Gasteiger partial charge < -0.3 is 29.6 Å². The highest BCUT2D eigenvalue weighted by molar-refractivity contribution is 5.98. The number of hydrogen-bond acceptors (Lipinski definition) is 7. The summed E-state index contributed by atoms with van der Waals surface area (Å²) < 4.78 is 21.6. The molecule has 1 aromatic rings. The number of methoxy groups -OCH3 is 2. The van der Waals surface area contributed by atoms with E-state index in [0.717, 1.165) is 26.1 Å². The lowest BCUT2D eigenvalue weighted by atomic mass is 9.96. The zero-order valence-corrected chi connectivity index (χ0v) is 20.1. The summed E-state index contributed by atoms with van der Waals surface area (Å²) in [5.74, 6) is 0.771. The summed E-state index contributed by atoms with van der Waals surface area (Å²) in [5, 5.41) is 5.99. The molecule has 0 spiro atoms. The van der Waals surface area contributed by atoms with Crippen LogP contribution in [-0.4, -0.2) is 89.1 Å². The molecule has 3 atom stereocenters. The molecule has 2 amide bonds. The highest BCUT2D eigenvalue weighted by atomic mass is 16.5. The van der Waals surface area contributed by atoms with E-state index in [1.807, 2.05) is 13.8 Å². The van der Waals surface area contributed by atoms with E-state index in [0.29, 0.717) is 49.3 Å². The van der Waals surface area contributed by atoms with Gasteiger partial charge in [0.05, 0.1) is 34.0 Å². The van der Waals surface area contributed by atoms with Crippen molar-refractivity contribution in [3.8, 4) is 11.5 Å². The van der Waals surface area contributed by atoms with Crippen molar-refractivity contribution in [2.75, 3.05) is 60.3 Å². The van der Waals surface area contributed by atoms with Gasteiger partial charge in [-0.15, -0.1) is 0 Å². The highest BCUT2D eigenvalue weighted by Crippen LogP contribution is 2.23. The average molecular weight is 464 g/mol. The van der Waals surface area contributed by atoms with Gasteiger partial charge in [0.1, 0.15) is 17.5 Å². The molecule has 0 radical (unpaired) electrons. The molecular formula is C24H37N3O6. The Hall–Kier alpha value is -2.36. The summed E-state index contributed by atoms with van der Waals surface area (Å²) in [6, 6.07) is 4.47. The number of carbonyl (C=O) groups is 2. The van der Waals surface area contributed by atoms with E-state index in [1.54, 1.807) is 18.2 Å². The van der Waals surface area contributed by atoms with Gasteiger partial charge in [0.25, 0.3) is 5.91 Å². The Balaban J connectivity index is 1.65. The lowest BCUT2D eigenvalue weighted by Gasteiger charge is -2.37. The minimum atomic E-state index is -0.667. The van der Waals surface area contributed by atoms with Crippen molar-refractivity contribution in [3.63, 3.8) is 0 Å². The molecule has 3 unspecified atom stereocenters. The molecule has 2 saturated heterocycles. The maximum Gasteiger partial charge on any atom is 0.252 e. The maximum atomic E-state index is 13.2. The van der Waals surface area contributed by atoms with Crippen LogP contribution in [0.15, 0.2) is 18.2 Å². The molecule has 2 heterocycles. The van der Waals surface area contributed by atoms with Crippen LogP contribution in [0, 0.1) is 11.8 Å². The van der Waals surface area contributed by atoms with Crippen LogP contribution in [0.3, 0.4) is 0 Å². The molecule has 2 N–H and O–H groups in total. The number of amides is 2. The lowest BCUT2D eigenvalue weighted by Crippen LogP contribution is -2.55. The van der Waals surface area contributed by atoms with E-state index in [1.165, 1.54) is 14.2 Å². The summed E-state index contributed by atoms with van der Waals surface area (Å²) in [7, 11) is 3.06. The first-order valence-corrected chi connectivity index (χ1v) is 11.6. The van der Waals surface area contributed by atoms with Crippen molar-refractivity contribution in [1.29, 1.82) is 0 Å². The fourth-order valence-electron chi connectivity index (χ4n) is 4.37. The van der Waals surface area contributed by atoms with Gasteiger partial charge in [0.15, 0.2) is 0 Å². The molecule has 9 heteroatoms. The number of nitrogens with one attached hydrogen (secondary N) is 2. The van der Waals surface area contributed by atoms with Gasteiger partial charge in [-0.05, 0) is 24.5 Å². The zero-order valence-electron chi connectivity index (χ0n) is 20.1. The zero-order chi connectivity index (χ0) is 23.8. The van der Waals surface area contributed by atoms with Gasteiger partial charge in [-0.3, -0.25) is 14.5 Å². The third-order valence-electron chi connectivity index (χ3n) is 6.36. The van der Waals surface area contributed by atoms with Gasteiger partial charge in [0, 0.05) is 49.8 Å². The van der Waals surface area contributed by atoms with Crippen LogP contribution in [-0.2, 0) is 14.3 Å². The molecule has 0 aromatic heterocycles. The van der Waals surface area contributed by atoms with Crippen LogP contribution in [0.1, 0.15) is 30.6 Å². The predicted molar refractivity (Wildman–Crippen MR) is 124 cm³/mol. The molecule has 9 nitrogen and oxygen atoms in total. The smallest absolute Gasteiger partial charge is 0.252 e. The van der Waals surface area contributed by atoms with E-state index in [-0.39, 0.29) is 23.8 Å². The molecule has 1 aromatic carbocycles. The predicted octanol–water partition coefficient (Wildman–Crippen LogP) is 1.31. The number of benzene rings is 1. The normalized spacial score (nSPS) is 20.8. The number of carbonyl (C=O) groups excluding carboxylic acids is 2. The summed E-state index contributed by atoms with van der Waals surface area (Å²) in [6.07, 6.45) is 0.986. The van der Waals surface area contributed by atoms with Crippen molar-refractivity contribution < 1.29 is 28.5 Å². The van der Waals surface area contributed by atoms with Crippen LogP contribution in [0.4, 0.5) is 0 Å². The molecular weight excluding hydrogens is 426 g/mol. The summed E-state index contributed by atoms with van der Waals surface area (Å²) >= 11 is 0. The number of ether oxygens (including phenoxy) is 4. The molecule has 33 heavy (non-hydrogen) atoms. The standard InChI is InChI=1S/C24H37N3O6/c1-16(2)22(26-23(28)18-11-19(30-3)13-20(12-18)31-4)24(29)25-14-21(17-5-8-33-15-17)27-6-9-32-10-7-27/h11-13,16-17,21-22H,5-10,14-15H2,1-4H3,(H,25,29)(H,26,28). The topological polar surface area (TPSA) is 98.4 Å². The van der Waals surface area contributed by atoms with Crippen LogP contribution in [0.25, 0.3) is 0 Å². The highest BCUT2D eigenvalue weighted by Gasteiger charge is 2.33. The van der Waals surface area contributed by atoms with Gasteiger partial charge in [0.2, 0.25) is 5.91 Å². The van der Waals surface area contributed by atoms with Crippen molar-refractivity contribution >= 4 is 11.8 Å². The Morgan fingerprint density at radius 2 is 1.73 bits per heavy atom. The Labute approximate surface area is 196 Å². The summed E-state index contributed by atoms with van der Waals surface area (Å²) in [5.41, 5.74) is 0.374. The van der Waals surface area contributed by atoms with Gasteiger partial charge in [-0.2, -0.15) is 0 Å². The largest absolute Gasteiger partial charge is 0.497 e. The third-order valence-corrected chi connectivity index (χ3v) is 6.36. The number of nitrogens with zero attached hydrogens (tertiary/aromatic N) is 1. The second kappa shape index (κ2) is 12.2. The van der Waals surface area contributed by atoms with E-state index < -0.39 is 6.04 Å². The lowest BCUT2D eigenvalue weighted by molar-refractivity contribution is -0.124. The Bertz CT molecular complexity index is 768. The second-order valence-corrected chi connectivity index (χ2v) is 8.88. The fraction of sp³-hybridized carbons (Fsp3) is 0.667. The Kier molecular flexibility index (Phi) is 9.34. The summed E-state index contributed by atoms with van der Waals surface area (Å²) in [6.45, 7) is 8.91. The van der Waals surface area contributed by atoms with Gasteiger partial charge in [-0.25, -0.2) is 0 Å². The van der Waals surface area contributed by atoms with Crippen LogP contribution < -0.4 is 20.1 Å². The minimum absolute atomic E-state index is 0.0851. The van der Waals surface area contributed by atoms with Crippen LogP contribution in [0.5, 0.6) is 11.5 Å². The molecule has 184 valence electrons. The first-order valence-electron chi connectivity index (χ1n) is 11.6. The van der Waals surface area contributed by atoms with Crippen molar-refractivity contribution in [3.05, 3.63) is 23.8 Å². The quantitative estimate of drug-likeness (QED) is 0.540. The second-order valence-electron chi connectivity index (χ2n) is 8.88. The molecule has 3 rings (SSSR count). The molecule has 0 bridgehead atoms. The van der Waals surface area contributed by atoms with Crippen molar-refractivity contribution in [2.24, 2.45) is 11.8 Å². The molecule has 2 aliphatic rings. The van der Waals surface area contributed by atoms with E-state index in [9.17, 15) is 9.59 Å². The number of morpholine rings is 1. The summed E-state index contributed by atoms with van der Waals surface area (Å²) in [4.78, 5) is 28.5. The fourth-order valence-corrected chi connectivity index (χ4v) is 4.37. The van der Waals surface area contributed by atoms with Crippen LogP contribution >= 0.6 is 0 Å². The number of hydrogen-bond donors (Lipinski definition) is 2. The minimum Gasteiger partial charge on any atom is -0.497 e. The third kappa shape index (κ3) is 6.82. The van der Waals surface area contributed by atoms with E-state index >= 15 is 0 Å². The first kappa shape index (κ1) is 25.3. The van der Waals surface area contributed by atoms with Crippen LogP contribution in [0.2, 0.25) is 0 Å². The monoisotopic (exact) mass is 463 g/mol. The maximum absolute atomic E-state index is 13.2. The molecule has 0 saturated carbocycles. The van der Waals surface area contributed by atoms with Crippen molar-refractivity contribution in [1.82, 2.24) is 15.5 Å². The van der Waals surface area contributed by atoms with Gasteiger partial charge in [-0.1, -0.05) is 13.8 Å². The number of rotatable bonds is 10. The SMILES string of the molecule is COc1cc(OC)cc(C(=O)NC(C(=O)NCC(C2CCOC2)N2CCOCC2)C(C)C)c1. The Morgan fingerprint density at radius 1 is 1.06 bits per heavy atom. The van der Waals surface area contributed by atoms with Crippen molar-refractivity contribution in [2.45, 2.75) is 32.4 Å².